The van der Waals surface area contributed by atoms with Crippen molar-refractivity contribution >= 4 is 72.1 Å². The third kappa shape index (κ3) is 4.79. The van der Waals surface area contributed by atoms with Crippen molar-refractivity contribution in [2.75, 3.05) is 29.5 Å². The Labute approximate surface area is 216 Å². The number of hydrogen-bond acceptors (Lipinski definition) is 10. The molecular formula is C24H30N8O2S2. The standard InChI is InChI=1S/C14H19N5OS.C10H11N3OS/c1-7-6-9(19-4-2-8(15)3-5-19)18-14-10(7)11(16)12(21-14)13(17)20;1-2-5-3-4-13-10-6(5)7(11)8(15-10)9(12)14/h6,8H,2-5,15-16H2,1H3,(H2,17,20);3-4H,2,11H2,1H3,(H2,12,14). The number of hydrogen-bond donors (Lipinski definition) is 5. The van der Waals surface area contributed by atoms with E-state index in [1.54, 1.807) is 6.20 Å². The van der Waals surface area contributed by atoms with E-state index in [0.717, 1.165) is 69.7 Å². The third-order valence-corrected chi connectivity index (χ3v) is 8.53. The van der Waals surface area contributed by atoms with Gasteiger partial charge in [-0.15, -0.1) is 22.7 Å². The summed E-state index contributed by atoms with van der Waals surface area (Å²) in [5.74, 6) is -0.0675. The van der Waals surface area contributed by atoms with Crippen LogP contribution in [0.3, 0.4) is 0 Å². The van der Waals surface area contributed by atoms with Gasteiger partial charge in [0, 0.05) is 36.1 Å². The molecule has 1 aliphatic rings. The average Bonchev–Trinajstić information content (AvgIpc) is 3.37. The summed E-state index contributed by atoms with van der Waals surface area (Å²) in [5, 5.41) is 1.71. The lowest BCUT2D eigenvalue weighted by atomic mass is 10.1. The number of thiophene rings is 2. The quantitative estimate of drug-likeness (QED) is 0.268. The van der Waals surface area contributed by atoms with Crippen LogP contribution in [0.15, 0.2) is 18.3 Å². The largest absolute Gasteiger partial charge is 0.397 e. The van der Waals surface area contributed by atoms with Gasteiger partial charge in [-0.3, -0.25) is 9.59 Å². The van der Waals surface area contributed by atoms with E-state index in [0.29, 0.717) is 21.1 Å². The second kappa shape index (κ2) is 10.2. The van der Waals surface area contributed by atoms with Crippen molar-refractivity contribution in [2.45, 2.75) is 39.2 Å². The van der Waals surface area contributed by atoms with E-state index in [1.165, 1.54) is 22.7 Å². The molecule has 0 radical (unpaired) electrons. The molecular weight excluding hydrogens is 496 g/mol. The fraction of sp³-hybridized carbons (Fsp3) is 0.333. The van der Waals surface area contributed by atoms with Crippen molar-refractivity contribution in [3.63, 3.8) is 0 Å². The molecule has 190 valence electrons. The summed E-state index contributed by atoms with van der Waals surface area (Å²) in [6, 6.07) is 4.22. The van der Waals surface area contributed by atoms with Crippen molar-refractivity contribution in [1.29, 1.82) is 0 Å². The predicted molar refractivity (Wildman–Crippen MR) is 149 cm³/mol. The van der Waals surface area contributed by atoms with Crippen LogP contribution in [0.25, 0.3) is 20.4 Å². The Hall–Kier alpha value is -3.48. The number of carbonyl (C=O) groups excluding carboxylic acids is 2. The number of amides is 2. The number of carbonyl (C=O) groups is 2. The van der Waals surface area contributed by atoms with Crippen molar-refractivity contribution < 1.29 is 9.59 Å². The van der Waals surface area contributed by atoms with Gasteiger partial charge in [0.2, 0.25) is 0 Å². The Morgan fingerprint density at radius 2 is 1.61 bits per heavy atom. The fourth-order valence-corrected chi connectivity index (χ4v) is 6.34. The van der Waals surface area contributed by atoms with Gasteiger partial charge in [0.25, 0.3) is 11.8 Å². The van der Waals surface area contributed by atoms with Crippen molar-refractivity contribution in [1.82, 2.24) is 9.97 Å². The molecule has 4 aromatic heterocycles. The molecule has 0 spiro atoms. The van der Waals surface area contributed by atoms with Gasteiger partial charge in [-0.25, -0.2) is 9.97 Å². The number of aromatic nitrogens is 2. The Morgan fingerprint density at radius 1 is 1.03 bits per heavy atom. The van der Waals surface area contributed by atoms with Crippen LogP contribution < -0.4 is 33.6 Å². The first kappa shape index (κ1) is 25.6. The van der Waals surface area contributed by atoms with Crippen LogP contribution in [0.4, 0.5) is 17.2 Å². The number of primary amides is 2. The van der Waals surface area contributed by atoms with Gasteiger partial charge in [-0.1, -0.05) is 6.92 Å². The van der Waals surface area contributed by atoms with Crippen molar-refractivity contribution in [3.05, 3.63) is 39.2 Å². The number of fused-ring (bicyclic) bond motifs is 2. The maximum Gasteiger partial charge on any atom is 0.260 e. The summed E-state index contributed by atoms with van der Waals surface area (Å²) in [5.41, 5.74) is 31.5. The second-order valence-corrected chi connectivity index (χ2v) is 10.7. The number of rotatable bonds is 4. The summed E-state index contributed by atoms with van der Waals surface area (Å²) in [4.78, 5) is 36.0. The number of anilines is 3. The molecule has 10 N–H and O–H groups in total. The summed E-state index contributed by atoms with van der Waals surface area (Å²) >= 11 is 2.51. The highest BCUT2D eigenvalue weighted by Crippen LogP contribution is 2.37. The monoisotopic (exact) mass is 526 g/mol. The van der Waals surface area contributed by atoms with Crippen LogP contribution in [0.1, 0.15) is 50.2 Å². The Morgan fingerprint density at radius 3 is 2.19 bits per heavy atom. The molecule has 0 atom stereocenters. The van der Waals surface area contributed by atoms with Crippen LogP contribution in [0.2, 0.25) is 0 Å². The summed E-state index contributed by atoms with van der Waals surface area (Å²) in [7, 11) is 0. The minimum absolute atomic E-state index is 0.282. The van der Waals surface area contributed by atoms with Gasteiger partial charge in [-0.05, 0) is 49.4 Å². The molecule has 36 heavy (non-hydrogen) atoms. The van der Waals surface area contributed by atoms with E-state index in [-0.39, 0.29) is 6.04 Å². The molecule has 5 rings (SSSR count). The molecule has 4 aromatic rings. The van der Waals surface area contributed by atoms with Crippen molar-refractivity contribution in [3.8, 4) is 0 Å². The Bertz CT molecular complexity index is 1450. The minimum atomic E-state index is -0.500. The molecule has 0 aliphatic carbocycles. The van der Waals surface area contributed by atoms with E-state index in [9.17, 15) is 9.59 Å². The molecule has 0 unspecified atom stereocenters. The van der Waals surface area contributed by atoms with Crippen LogP contribution in [0, 0.1) is 6.92 Å². The molecule has 5 heterocycles. The van der Waals surface area contributed by atoms with Gasteiger partial charge in [0.05, 0.1) is 11.4 Å². The molecule has 1 aliphatic heterocycles. The van der Waals surface area contributed by atoms with Gasteiger partial charge in [0.15, 0.2) is 0 Å². The third-order valence-electron chi connectivity index (χ3n) is 6.29. The number of piperidine rings is 1. The minimum Gasteiger partial charge on any atom is -0.397 e. The zero-order valence-electron chi connectivity index (χ0n) is 20.2. The topological polar surface area (TPSA) is 193 Å². The summed E-state index contributed by atoms with van der Waals surface area (Å²) in [6.07, 6.45) is 4.52. The van der Waals surface area contributed by atoms with E-state index >= 15 is 0 Å². The fourth-order valence-electron chi connectivity index (χ4n) is 4.36. The summed E-state index contributed by atoms with van der Waals surface area (Å²) in [6.45, 7) is 5.83. The normalized spacial score (nSPS) is 14.1. The Balaban J connectivity index is 0.000000179. The van der Waals surface area contributed by atoms with Gasteiger partial charge < -0.3 is 33.6 Å². The lowest BCUT2D eigenvalue weighted by Gasteiger charge is -2.31. The van der Waals surface area contributed by atoms with Crippen LogP contribution in [-0.4, -0.2) is 40.9 Å². The number of pyridine rings is 2. The Kier molecular flexibility index (Phi) is 7.29. The van der Waals surface area contributed by atoms with Crippen LogP contribution in [-0.2, 0) is 6.42 Å². The number of nitrogens with zero attached hydrogens (tertiary/aromatic N) is 3. The zero-order valence-corrected chi connectivity index (χ0v) is 21.8. The highest BCUT2D eigenvalue weighted by molar-refractivity contribution is 7.21. The predicted octanol–water partition coefficient (Wildman–Crippen LogP) is 2.75. The van der Waals surface area contributed by atoms with E-state index < -0.39 is 11.8 Å². The maximum atomic E-state index is 11.4. The van der Waals surface area contributed by atoms with E-state index in [4.69, 9.17) is 28.7 Å². The highest BCUT2D eigenvalue weighted by Gasteiger charge is 2.21. The average molecular weight is 527 g/mol. The first-order valence-corrected chi connectivity index (χ1v) is 13.2. The maximum absolute atomic E-state index is 11.4. The van der Waals surface area contributed by atoms with E-state index in [2.05, 4.69) is 14.9 Å². The van der Waals surface area contributed by atoms with E-state index in [1.807, 2.05) is 26.0 Å². The number of nitrogen functional groups attached to an aromatic ring is 2. The molecule has 0 aromatic carbocycles. The molecule has 12 heteroatoms. The first-order valence-electron chi connectivity index (χ1n) is 11.6. The van der Waals surface area contributed by atoms with Gasteiger partial charge in [0.1, 0.15) is 25.2 Å². The molecule has 0 saturated carbocycles. The second-order valence-electron chi connectivity index (χ2n) is 8.72. The number of aryl methyl sites for hydroxylation is 2. The lowest BCUT2D eigenvalue weighted by molar-refractivity contribution is 0.0996. The molecule has 10 nitrogen and oxygen atoms in total. The SMILES string of the molecule is CCc1ccnc2sc(C(N)=O)c(N)c12.Cc1cc(N2CCC(N)CC2)nc2sc(C(N)=O)c(N)c12. The van der Waals surface area contributed by atoms with Gasteiger partial charge in [-0.2, -0.15) is 0 Å². The first-order chi connectivity index (χ1) is 17.1. The van der Waals surface area contributed by atoms with Gasteiger partial charge >= 0.3 is 0 Å². The lowest BCUT2D eigenvalue weighted by Crippen LogP contribution is -2.40. The summed E-state index contributed by atoms with van der Waals surface area (Å²) < 4.78 is 0. The molecule has 2 amide bonds. The number of nitrogens with two attached hydrogens (primary N) is 5. The highest BCUT2D eigenvalue weighted by atomic mass is 32.1. The molecule has 1 saturated heterocycles. The molecule has 1 fully saturated rings. The smallest absolute Gasteiger partial charge is 0.260 e. The van der Waals surface area contributed by atoms with Crippen LogP contribution in [0.5, 0.6) is 0 Å². The zero-order chi connectivity index (χ0) is 26.1. The molecule has 0 bridgehead atoms. The van der Waals surface area contributed by atoms with Crippen LogP contribution >= 0.6 is 22.7 Å². The van der Waals surface area contributed by atoms with Crippen molar-refractivity contribution in [2.24, 2.45) is 17.2 Å².